The van der Waals surface area contributed by atoms with Crippen molar-refractivity contribution in [3.63, 3.8) is 0 Å². The van der Waals surface area contributed by atoms with Gasteiger partial charge in [0.25, 0.3) is 0 Å². The second kappa shape index (κ2) is 4.89. The average molecular weight is 238 g/mol. The van der Waals surface area contributed by atoms with Gasteiger partial charge in [0, 0.05) is 18.1 Å². The number of nitrogens with zero attached hydrogens (tertiary/aromatic N) is 1. The second-order valence-electron chi connectivity index (χ2n) is 6.96. The number of likely N-dealkylation sites (tertiary alicyclic amines) is 1. The predicted octanol–water partition coefficient (Wildman–Crippen LogP) is 2.88. The number of rotatable bonds is 2. The molecule has 1 N–H and O–H groups in total. The molecule has 1 aliphatic heterocycles. The van der Waals surface area contributed by atoms with Gasteiger partial charge in [-0.2, -0.15) is 0 Å². The molecule has 2 aliphatic rings. The summed E-state index contributed by atoms with van der Waals surface area (Å²) in [5.41, 5.74) is 0.458. The summed E-state index contributed by atoms with van der Waals surface area (Å²) in [7, 11) is 2.14. The maximum absolute atomic E-state index is 3.60. The van der Waals surface area contributed by atoms with Crippen LogP contribution in [0.4, 0.5) is 0 Å². The van der Waals surface area contributed by atoms with E-state index in [4.69, 9.17) is 0 Å². The Bertz CT molecular complexity index is 262. The lowest BCUT2D eigenvalue weighted by atomic mass is 9.84. The van der Waals surface area contributed by atoms with Crippen molar-refractivity contribution in [3.8, 4) is 0 Å². The highest BCUT2D eigenvalue weighted by Gasteiger charge is 2.45. The zero-order chi connectivity index (χ0) is 12.6. The molecule has 2 rings (SSSR count). The number of likely N-dealkylation sites (N-methyl/N-ethyl adjacent to an activating group) is 1. The molecule has 100 valence electrons. The van der Waals surface area contributed by atoms with Crippen molar-refractivity contribution in [1.29, 1.82) is 0 Å². The molecule has 4 unspecified atom stereocenters. The Morgan fingerprint density at radius 2 is 1.88 bits per heavy atom. The van der Waals surface area contributed by atoms with Gasteiger partial charge in [-0.15, -0.1) is 0 Å². The molecule has 2 nitrogen and oxygen atoms in total. The molecule has 0 bridgehead atoms. The molecule has 0 aromatic rings. The molecule has 0 radical (unpaired) electrons. The Morgan fingerprint density at radius 1 is 1.18 bits per heavy atom. The van der Waals surface area contributed by atoms with Crippen LogP contribution in [0.1, 0.15) is 53.4 Å². The molecular weight excluding hydrogens is 208 g/mol. The van der Waals surface area contributed by atoms with Crippen LogP contribution in [-0.4, -0.2) is 36.6 Å². The van der Waals surface area contributed by atoms with Crippen LogP contribution in [-0.2, 0) is 0 Å². The first-order chi connectivity index (χ1) is 7.97. The highest BCUT2D eigenvalue weighted by Crippen LogP contribution is 2.41. The maximum atomic E-state index is 3.60. The molecule has 0 aromatic heterocycles. The molecule has 1 heterocycles. The summed E-state index contributed by atoms with van der Waals surface area (Å²) in [6.07, 6.45) is 5.53. The van der Waals surface area contributed by atoms with Crippen LogP contribution < -0.4 is 5.32 Å². The fraction of sp³-hybridized carbons (Fsp3) is 1.00. The van der Waals surface area contributed by atoms with Crippen molar-refractivity contribution >= 4 is 0 Å². The van der Waals surface area contributed by atoms with Crippen molar-refractivity contribution in [3.05, 3.63) is 0 Å². The van der Waals surface area contributed by atoms with Crippen LogP contribution in [0, 0.1) is 11.3 Å². The summed E-state index contributed by atoms with van der Waals surface area (Å²) in [5.74, 6) is 0.866. The van der Waals surface area contributed by atoms with Crippen molar-refractivity contribution in [2.75, 3.05) is 13.6 Å². The molecule has 1 saturated heterocycles. The lowest BCUT2D eigenvalue weighted by Gasteiger charge is -2.45. The first kappa shape index (κ1) is 13.4. The van der Waals surface area contributed by atoms with Crippen LogP contribution in [0.3, 0.4) is 0 Å². The van der Waals surface area contributed by atoms with Gasteiger partial charge in [0.05, 0.1) is 0 Å². The summed E-state index contributed by atoms with van der Waals surface area (Å²) >= 11 is 0. The topological polar surface area (TPSA) is 15.3 Å². The first-order valence-electron chi connectivity index (χ1n) is 7.40. The molecule has 2 fully saturated rings. The summed E-state index contributed by atoms with van der Waals surface area (Å²) in [6.45, 7) is 11.0. The lowest BCUT2D eigenvalue weighted by Crippen LogP contribution is -2.56. The Kier molecular flexibility index (Phi) is 3.84. The maximum Gasteiger partial charge on any atom is 0.0271 e. The van der Waals surface area contributed by atoms with E-state index in [2.05, 4.69) is 45.0 Å². The van der Waals surface area contributed by atoms with E-state index in [0.29, 0.717) is 11.5 Å². The van der Waals surface area contributed by atoms with Gasteiger partial charge >= 0.3 is 0 Å². The predicted molar refractivity (Wildman–Crippen MR) is 74.2 cm³/mol. The number of nitrogens with one attached hydrogen (secondary N) is 1. The molecule has 0 amide bonds. The monoisotopic (exact) mass is 238 g/mol. The molecule has 0 aromatic carbocycles. The van der Waals surface area contributed by atoms with Crippen LogP contribution >= 0.6 is 0 Å². The molecule has 17 heavy (non-hydrogen) atoms. The standard InChI is InChI=1S/C15H30N2/c1-11-7-6-10-17(12(11)2)13-8-9-15(3,4)14(13)16-5/h11-14,16H,6-10H2,1-5H3. The Balaban J connectivity index is 2.11. The van der Waals surface area contributed by atoms with Crippen molar-refractivity contribution in [1.82, 2.24) is 10.2 Å². The third kappa shape index (κ3) is 2.39. The Morgan fingerprint density at radius 3 is 2.53 bits per heavy atom. The van der Waals surface area contributed by atoms with E-state index in [1.807, 2.05) is 0 Å². The second-order valence-corrected chi connectivity index (χ2v) is 6.96. The van der Waals surface area contributed by atoms with E-state index in [9.17, 15) is 0 Å². The van der Waals surface area contributed by atoms with Gasteiger partial charge < -0.3 is 5.32 Å². The molecule has 4 atom stereocenters. The fourth-order valence-corrected chi connectivity index (χ4v) is 4.14. The molecule has 2 heteroatoms. The zero-order valence-electron chi connectivity index (χ0n) is 12.3. The van der Waals surface area contributed by atoms with Crippen molar-refractivity contribution in [2.45, 2.75) is 71.5 Å². The van der Waals surface area contributed by atoms with Gasteiger partial charge in [-0.25, -0.2) is 0 Å². The van der Waals surface area contributed by atoms with Crippen LogP contribution in [0.2, 0.25) is 0 Å². The van der Waals surface area contributed by atoms with Crippen molar-refractivity contribution < 1.29 is 0 Å². The molecular formula is C15H30N2. The van der Waals surface area contributed by atoms with Gasteiger partial charge in [-0.05, 0) is 57.5 Å². The minimum Gasteiger partial charge on any atom is -0.315 e. The van der Waals surface area contributed by atoms with Gasteiger partial charge in [-0.3, -0.25) is 4.90 Å². The van der Waals surface area contributed by atoms with E-state index in [0.717, 1.165) is 18.0 Å². The average Bonchev–Trinajstić information content (AvgIpc) is 2.57. The van der Waals surface area contributed by atoms with Gasteiger partial charge in [0.1, 0.15) is 0 Å². The van der Waals surface area contributed by atoms with E-state index >= 15 is 0 Å². The highest BCUT2D eigenvalue weighted by molar-refractivity contribution is 5.02. The van der Waals surface area contributed by atoms with Crippen LogP contribution in [0.5, 0.6) is 0 Å². The summed E-state index contributed by atoms with van der Waals surface area (Å²) < 4.78 is 0. The lowest BCUT2D eigenvalue weighted by molar-refractivity contribution is 0.0504. The summed E-state index contributed by atoms with van der Waals surface area (Å²) in [6, 6.07) is 2.18. The smallest absolute Gasteiger partial charge is 0.0271 e. The normalized spacial score (nSPS) is 42.9. The van der Waals surface area contributed by atoms with E-state index in [-0.39, 0.29) is 0 Å². The number of hydrogen-bond donors (Lipinski definition) is 1. The van der Waals surface area contributed by atoms with Crippen LogP contribution in [0.25, 0.3) is 0 Å². The fourth-order valence-electron chi connectivity index (χ4n) is 4.14. The van der Waals surface area contributed by atoms with E-state index < -0.39 is 0 Å². The number of piperidine rings is 1. The molecule has 1 aliphatic carbocycles. The van der Waals surface area contributed by atoms with Crippen molar-refractivity contribution in [2.24, 2.45) is 11.3 Å². The van der Waals surface area contributed by atoms with Gasteiger partial charge in [-0.1, -0.05) is 20.8 Å². The Hall–Kier alpha value is -0.0800. The third-order valence-corrected chi connectivity index (χ3v) is 5.47. The zero-order valence-corrected chi connectivity index (χ0v) is 12.3. The molecule has 1 saturated carbocycles. The highest BCUT2D eigenvalue weighted by atomic mass is 15.2. The Labute approximate surface area is 107 Å². The number of hydrogen-bond acceptors (Lipinski definition) is 2. The largest absolute Gasteiger partial charge is 0.315 e. The van der Waals surface area contributed by atoms with E-state index in [1.165, 1.54) is 32.2 Å². The SMILES string of the molecule is CNC1C(N2CCCC(C)C2C)CCC1(C)C. The summed E-state index contributed by atoms with van der Waals surface area (Å²) in [5, 5.41) is 3.60. The van der Waals surface area contributed by atoms with Crippen LogP contribution in [0.15, 0.2) is 0 Å². The third-order valence-electron chi connectivity index (χ3n) is 5.47. The van der Waals surface area contributed by atoms with Gasteiger partial charge in [0.2, 0.25) is 0 Å². The minimum atomic E-state index is 0.458. The quantitative estimate of drug-likeness (QED) is 0.796. The van der Waals surface area contributed by atoms with Gasteiger partial charge in [0.15, 0.2) is 0 Å². The molecule has 0 spiro atoms. The van der Waals surface area contributed by atoms with E-state index in [1.54, 1.807) is 0 Å². The minimum absolute atomic E-state index is 0.458. The first-order valence-corrected chi connectivity index (χ1v) is 7.40. The summed E-state index contributed by atoms with van der Waals surface area (Å²) in [4.78, 5) is 2.80.